The van der Waals surface area contributed by atoms with Gasteiger partial charge in [-0.1, -0.05) is 5.16 Å². The summed E-state index contributed by atoms with van der Waals surface area (Å²) < 4.78 is 16.3. The van der Waals surface area contributed by atoms with Crippen LogP contribution in [-0.4, -0.2) is 55.5 Å². The molecule has 0 aliphatic carbocycles. The fourth-order valence-corrected chi connectivity index (χ4v) is 2.60. The van der Waals surface area contributed by atoms with E-state index in [2.05, 4.69) is 10.5 Å². The molecule has 2 rings (SSSR count). The van der Waals surface area contributed by atoms with Crippen LogP contribution in [0.1, 0.15) is 18.1 Å². The van der Waals surface area contributed by atoms with Gasteiger partial charge < -0.3 is 29.6 Å². The third-order valence-corrected chi connectivity index (χ3v) is 3.98. The van der Waals surface area contributed by atoms with Crippen molar-refractivity contribution in [1.29, 1.82) is 0 Å². The second-order valence-corrected chi connectivity index (χ2v) is 5.35. The van der Waals surface area contributed by atoms with Crippen LogP contribution in [-0.2, 0) is 6.42 Å². The highest BCUT2D eigenvalue weighted by molar-refractivity contribution is 7.80. The van der Waals surface area contributed by atoms with Crippen LogP contribution in [0.15, 0.2) is 11.2 Å². The van der Waals surface area contributed by atoms with Crippen LogP contribution < -0.4 is 19.5 Å². The van der Waals surface area contributed by atoms with Crippen molar-refractivity contribution in [1.82, 2.24) is 10.2 Å². The second-order valence-electron chi connectivity index (χ2n) is 4.97. The summed E-state index contributed by atoms with van der Waals surface area (Å²) in [5, 5.41) is 15.9. The number of methoxy groups -OCH3 is 1. The number of nitrogens with one attached hydrogen (secondary N) is 1. The van der Waals surface area contributed by atoms with E-state index in [1.54, 1.807) is 7.11 Å². The fraction of sp³-hybridized carbons (Fsp3) is 0.467. The molecule has 1 heterocycles. The molecule has 126 valence electrons. The zero-order valence-corrected chi connectivity index (χ0v) is 14.3. The summed E-state index contributed by atoms with van der Waals surface area (Å²) in [5.74, 6) is 1.66. The van der Waals surface area contributed by atoms with Gasteiger partial charge in [0.05, 0.1) is 13.3 Å². The van der Waals surface area contributed by atoms with Crippen molar-refractivity contribution in [2.45, 2.75) is 13.3 Å². The number of likely N-dealkylation sites (N-methyl/N-ethyl adjacent to an activating group) is 1. The maximum absolute atomic E-state index is 8.95. The van der Waals surface area contributed by atoms with Gasteiger partial charge in [-0.2, -0.15) is 0 Å². The maximum Gasteiger partial charge on any atom is 0.231 e. The van der Waals surface area contributed by atoms with E-state index < -0.39 is 0 Å². The Morgan fingerprint density at radius 1 is 1.57 bits per heavy atom. The Morgan fingerprint density at radius 3 is 3.00 bits per heavy atom. The van der Waals surface area contributed by atoms with E-state index >= 15 is 0 Å². The molecule has 0 saturated heterocycles. The summed E-state index contributed by atoms with van der Waals surface area (Å²) >= 11 is 5.28. The lowest BCUT2D eigenvalue weighted by atomic mass is 10.0. The van der Waals surface area contributed by atoms with Crippen LogP contribution in [0.3, 0.4) is 0 Å². The number of benzene rings is 1. The topological polar surface area (TPSA) is 75.6 Å². The SMILES string of the molecule is CCNC(=S)N(C)CCc1cc2c(c(OC)c1C=NO)OCO2. The molecule has 1 aromatic rings. The van der Waals surface area contributed by atoms with Crippen molar-refractivity contribution in [2.75, 3.05) is 34.0 Å². The first-order chi connectivity index (χ1) is 11.1. The highest BCUT2D eigenvalue weighted by Crippen LogP contribution is 2.44. The van der Waals surface area contributed by atoms with Gasteiger partial charge in [-0.05, 0) is 37.2 Å². The van der Waals surface area contributed by atoms with Crippen LogP contribution in [0.25, 0.3) is 0 Å². The third-order valence-electron chi connectivity index (χ3n) is 3.53. The number of hydrogen-bond donors (Lipinski definition) is 2. The molecule has 0 aromatic heterocycles. The van der Waals surface area contributed by atoms with Crippen LogP contribution in [0.5, 0.6) is 17.2 Å². The number of thiocarbonyl (C=S) groups is 1. The van der Waals surface area contributed by atoms with Gasteiger partial charge in [-0.3, -0.25) is 0 Å². The molecule has 0 amide bonds. The van der Waals surface area contributed by atoms with E-state index in [0.29, 0.717) is 40.9 Å². The molecule has 1 aliphatic rings. The number of oxime groups is 1. The molecule has 7 nitrogen and oxygen atoms in total. The summed E-state index contributed by atoms with van der Waals surface area (Å²) in [6.45, 7) is 3.62. The summed E-state index contributed by atoms with van der Waals surface area (Å²) in [6, 6.07) is 1.88. The smallest absolute Gasteiger partial charge is 0.231 e. The molecule has 0 saturated carbocycles. The number of fused-ring (bicyclic) bond motifs is 1. The molecular weight excluding hydrogens is 318 g/mol. The quantitative estimate of drug-likeness (QED) is 0.353. The highest BCUT2D eigenvalue weighted by Gasteiger charge is 2.24. The molecule has 0 fully saturated rings. The van der Waals surface area contributed by atoms with Gasteiger partial charge in [0, 0.05) is 25.7 Å². The minimum atomic E-state index is 0.148. The van der Waals surface area contributed by atoms with Crippen molar-refractivity contribution >= 4 is 23.5 Å². The molecule has 23 heavy (non-hydrogen) atoms. The lowest BCUT2D eigenvalue weighted by Gasteiger charge is -2.21. The third kappa shape index (κ3) is 3.76. The van der Waals surface area contributed by atoms with Crippen molar-refractivity contribution in [2.24, 2.45) is 5.16 Å². The minimum absolute atomic E-state index is 0.148. The molecule has 8 heteroatoms. The Kier molecular flexibility index (Phi) is 5.86. The van der Waals surface area contributed by atoms with Gasteiger partial charge in [0.2, 0.25) is 12.5 Å². The first kappa shape index (κ1) is 17.1. The number of nitrogens with zero attached hydrogens (tertiary/aromatic N) is 2. The zero-order valence-electron chi connectivity index (χ0n) is 13.5. The highest BCUT2D eigenvalue weighted by atomic mass is 32.1. The molecule has 2 N–H and O–H groups in total. The first-order valence-corrected chi connectivity index (χ1v) is 7.69. The Labute approximate surface area is 140 Å². The van der Waals surface area contributed by atoms with E-state index in [9.17, 15) is 0 Å². The summed E-state index contributed by atoms with van der Waals surface area (Å²) in [6.07, 6.45) is 2.02. The van der Waals surface area contributed by atoms with Crippen molar-refractivity contribution in [3.8, 4) is 17.2 Å². The van der Waals surface area contributed by atoms with E-state index in [4.69, 9.17) is 31.6 Å². The molecule has 0 spiro atoms. The predicted octanol–water partition coefficient (Wildman–Crippen LogP) is 1.60. The van der Waals surface area contributed by atoms with Gasteiger partial charge >= 0.3 is 0 Å². The number of ether oxygens (including phenoxy) is 3. The van der Waals surface area contributed by atoms with Crippen LogP contribution in [0.2, 0.25) is 0 Å². The second kappa shape index (κ2) is 7.87. The molecule has 1 aromatic carbocycles. The Balaban J connectivity index is 2.25. The van der Waals surface area contributed by atoms with Crippen LogP contribution in [0, 0.1) is 0 Å². The van der Waals surface area contributed by atoms with Crippen LogP contribution in [0.4, 0.5) is 0 Å². The van der Waals surface area contributed by atoms with Crippen molar-refractivity contribution < 1.29 is 19.4 Å². The molecular formula is C15H21N3O4S. The average Bonchev–Trinajstić information content (AvgIpc) is 3.00. The van der Waals surface area contributed by atoms with E-state index in [1.807, 2.05) is 24.9 Å². The summed E-state index contributed by atoms with van der Waals surface area (Å²) in [4.78, 5) is 1.95. The Bertz CT molecular complexity index is 607. The van der Waals surface area contributed by atoms with Crippen LogP contribution >= 0.6 is 12.2 Å². The minimum Gasteiger partial charge on any atom is -0.492 e. The zero-order chi connectivity index (χ0) is 16.8. The van der Waals surface area contributed by atoms with Crippen molar-refractivity contribution in [3.63, 3.8) is 0 Å². The normalized spacial score (nSPS) is 12.5. The molecule has 1 aliphatic heterocycles. The largest absolute Gasteiger partial charge is 0.492 e. The number of hydrogen-bond acceptors (Lipinski definition) is 6. The monoisotopic (exact) mass is 339 g/mol. The summed E-state index contributed by atoms with van der Waals surface area (Å²) in [5.41, 5.74) is 1.59. The number of rotatable bonds is 6. The predicted molar refractivity (Wildman–Crippen MR) is 91.1 cm³/mol. The molecule has 0 bridgehead atoms. The summed E-state index contributed by atoms with van der Waals surface area (Å²) in [7, 11) is 3.47. The van der Waals surface area contributed by atoms with Gasteiger partial charge in [0.15, 0.2) is 16.6 Å². The van der Waals surface area contributed by atoms with E-state index in [-0.39, 0.29) is 6.79 Å². The average molecular weight is 339 g/mol. The van der Waals surface area contributed by atoms with Gasteiger partial charge in [-0.15, -0.1) is 0 Å². The maximum atomic E-state index is 8.95. The standard InChI is InChI=1S/C15H21N3O4S/c1-4-16-15(23)18(2)6-5-10-7-12-14(22-9-21-12)13(20-3)11(10)8-17-19/h7-8,19H,4-6,9H2,1-3H3,(H,16,23). The van der Waals surface area contributed by atoms with Gasteiger partial charge in [0.1, 0.15) is 0 Å². The van der Waals surface area contributed by atoms with Crippen molar-refractivity contribution in [3.05, 3.63) is 17.2 Å². The molecule has 0 atom stereocenters. The Hall–Kier alpha value is -2.22. The lowest BCUT2D eigenvalue weighted by molar-refractivity contribution is 0.171. The van der Waals surface area contributed by atoms with E-state index in [1.165, 1.54) is 6.21 Å². The van der Waals surface area contributed by atoms with E-state index in [0.717, 1.165) is 12.1 Å². The first-order valence-electron chi connectivity index (χ1n) is 7.28. The van der Waals surface area contributed by atoms with Gasteiger partial charge in [0.25, 0.3) is 0 Å². The molecule has 0 unspecified atom stereocenters. The van der Waals surface area contributed by atoms with Gasteiger partial charge in [-0.25, -0.2) is 0 Å². The fourth-order valence-electron chi connectivity index (χ4n) is 2.36. The lowest BCUT2D eigenvalue weighted by Crippen LogP contribution is -2.38. The Morgan fingerprint density at radius 2 is 2.35 bits per heavy atom. The molecule has 0 radical (unpaired) electrons.